The highest BCUT2D eigenvalue weighted by Crippen LogP contribution is 2.31. The van der Waals surface area contributed by atoms with E-state index in [-0.39, 0.29) is 19.1 Å². The molecule has 0 bridgehead atoms. The number of esters is 1. The largest absolute Gasteiger partial charge is 0.460 e. The van der Waals surface area contributed by atoms with Gasteiger partial charge in [0.15, 0.2) is 0 Å². The molecule has 2 unspecified atom stereocenters. The molecule has 2 fully saturated rings. The van der Waals surface area contributed by atoms with Crippen molar-refractivity contribution < 1.29 is 38.3 Å². The van der Waals surface area contributed by atoms with Gasteiger partial charge in [0.1, 0.15) is 31.3 Å². The molecule has 5 N–H and O–H groups in total. The Morgan fingerprint density at radius 2 is 1.71 bits per heavy atom. The molecule has 1 aliphatic carbocycles. The van der Waals surface area contributed by atoms with Crippen LogP contribution in [-0.2, 0) is 40.2 Å². The van der Waals surface area contributed by atoms with Gasteiger partial charge in [0, 0.05) is 6.54 Å². The highest BCUT2D eigenvalue weighted by Gasteiger charge is 2.43. The molecule has 1 saturated carbocycles. The van der Waals surface area contributed by atoms with E-state index in [1.165, 1.54) is 4.90 Å². The van der Waals surface area contributed by atoms with Crippen molar-refractivity contribution in [3.63, 3.8) is 0 Å². The summed E-state index contributed by atoms with van der Waals surface area (Å²) in [7, 11) is 0. The van der Waals surface area contributed by atoms with Crippen molar-refractivity contribution in [2.24, 2.45) is 17.1 Å². The summed E-state index contributed by atoms with van der Waals surface area (Å²) in [4.78, 5) is 81.7. The lowest BCUT2D eigenvalue weighted by atomic mass is 9.80. The third-order valence-electron chi connectivity index (χ3n) is 7.49. The molecule has 42 heavy (non-hydrogen) atoms. The maximum Gasteiger partial charge on any atom is 0.347 e. The molecule has 1 aliphatic heterocycles. The molecule has 13 nitrogen and oxygen atoms in total. The lowest BCUT2D eigenvalue weighted by molar-refractivity contribution is -0.164. The summed E-state index contributed by atoms with van der Waals surface area (Å²) < 4.78 is 5.16. The molecule has 1 aromatic rings. The smallest absolute Gasteiger partial charge is 0.347 e. The third kappa shape index (κ3) is 9.26. The Balaban J connectivity index is 1.55. The number of primary amides is 1. The first-order valence-corrected chi connectivity index (χ1v) is 14.2. The van der Waals surface area contributed by atoms with Gasteiger partial charge in [-0.25, -0.2) is 9.59 Å². The fourth-order valence-corrected chi connectivity index (χ4v) is 4.85. The second-order valence-corrected chi connectivity index (χ2v) is 11.8. The van der Waals surface area contributed by atoms with Gasteiger partial charge >= 0.3 is 18.0 Å². The van der Waals surface area contributed by atoms with E-state index in [0.29, 0.717) is 19.3 Å². The van der Waals surface area contributed by atoms with Gasteiger partial charge in [0.2, 0.25) is 11.7 Å². The number of ketones is 1. The van der Waals surface area contributed by atoms with Crippen molar-refractivity contribution in [3.05, 3.63) is 35.9 Å². The Bertz CT molecular complexity index is 1150. The van der Waals surface area contributed by atoms with Crippen LogP contribution in [0.4, 0.5) is 4.79 Å². The summed E-state index contributed by atoms with van der Waals surface area (Å²) in [6.07, 6.45) is 4.00. The van der Waals surface area contributed by atoms with E-state index in [0.717, 1.165) is 24.8 Å². The summed E-state index contributed by atoms with van der Waals surface area (Å²) >= 11 is 0. The number of hydrogen-bond acceptors (Lipinski definition) is 9. The molecule has 0 radical (unpaired) electrons. The molecule has 3 rings (SSSR count). The summed E-state index contributed by atoms with van der Waals surface area (Å²) in [6.45, 7) is 5.19. The van der Waals surface area contributed by atoms with Crippen molar-refractivity contribution >= 4 is 35.6 Å². The number of carbonyl (C=O) groups is 6. The number of likely N-dealkylation sites (tertiary alicyclic amines) is 1. The summed E-state index contributed by atoms with van der Waals surface area (Å²) in [5, 5.41) is 5.03. The third-order valence-corrected chi connectivity index (χ3v) is 7.49. The number of urea groups is 1. The van der Waals surface area contributed by atoms with Crippen LogP contribution < -0.4 is 21.8 Å². The quantitative estimate of drug-likeness (QED) is 0.149. The second kappa shape index (κ2) is 14.8. The predicted molar refractivity (Wildman–Crippen MR) is 150 cm³/mol. The van der Waals surface area contributed by atoms with Gasteiger partial charge in [-0.15, -0.1) is 5.48 Å². The van der Waals surface area contributed by atoms with E-state index in [1.54, 1.807) is 32.9 Å². The molecule has 0 spiro atoms. The summed E-state index contributed by atoms with van der Waals surface area (Å²) in [5.41, 5.74) is 7.63. The van der Waals surface area contributed by atoms with Crippen molar-refractivity contribution in [1.29, 1.82) is 0 Å². The first-order valence-electron chi connectivity index (χ1n) is 14.2. The van der Waals surface area contributed by atoms with E-state index >= 15 is 0 Å². The number of nitrogens with zero attached hydrogens (tertiary/aromatic N) is 1. The van der Waals surface area contributed by atoms with Gasteiger partial charge in [-0.2, -0.15) is 0 Å². The Morgan fingerprint density at radius 1 is 1.02 bits per heavy atom. The predicted octanol–water partition coefficient (Wildman–Crippen LogP) is 1.10. The molecule has 0 aromatic heterocycles. The number of benzene rings is 1. The molecule has 4 amide bonds. The zero-order valence-corrected chi connectivity index (χ0v) is 24.4. The second-order valence-electron chi connectivity index (χ2n) is 11.8. The van der Waals surface area contributed by atoms with E-state index in [4.69, 9.17) is 15.3 Å². The van der Waals surface area contributed by atoms with Gasteiger partial charge < -0.3 is 30.8 Å². The molecular formula is C29H41N5O8. The fourth-order valence-electron chi connectivity index (χ4n) is 4.85. The lowest BCUT2D eigenvalue weighted by Gasteiger charge is -2.35. The van der Waals surface area contributed by atoms with E-state index < -0.39 is 65.7 Å². The molecule has 3 atom stereocenters. The number of carbonyl (C=O) groups excluding carboxylic acids is 6. The van der Waals surface area contributed by atoms with Gasteiger partial charge in [-0.3, -0.25) is 19.2 Å². The number of rotatable bonds is 13. The molecule has 13 heteroatoms. The van der Waals surface area contributed by atoms with Crippen molar-refractivity contribution in [2.75, 3.05) is 13.1 Å². The molecule has 1 saturated heterocycles. The maximum atomic E-state index is 13.6. The van der Waals surface area contributed by atoms with Crippen LogP contribution in [0, 0.1) is 11.3 Å². The van der Waals surface area contributed by atoms with Crippen LogP contribution in [-0.4, -0.2) is 71.7 Å². The molecule has 1 heterocycles. The fraction of sp³-hybridized carbons (Fsp3) is 0.586. The Morgan fingerprint density at radius 3 is 2.31 bits per heavy atom. The van der Waals surface area contributed by atoms with Gasteiger partial charge in [-0.05, 0) is 36.2 Å². The number of ether oxygens (including phenoxy) is 1. The average Bonchev–Trinajstić information content (AvgIpc) is 3.42. The van der Waals surface area contributed by atoms with Crippen LogP contribution in [0.2, 0.25) is 0 Å². The number of amides is 4. The molecule has 230 valence electrons. The molecular weight excluding hydrogens is 546 g/mol. The van der Waals surface area contributed by atoms with E-state index in [2.05, 4.69) is 16.1 Å². The van der Waals surface area contributed by atoms with Crippen LogP contribution in [0.15, 0.2) is 30.3 Å². The minimum absolute atomic E-state index is 0.0609. The van der Waals surface area contributed by atoms with Gasteiger partial charge in [-0.1, -0.05) is 70.4 Å². The normalized spacial score (nSPS) is 18.3. The Labute approximate surface area is 245 Å². The lowest BCUT2D eigenvalue weighted by Crippen LogP contribution is -2.59. The van der Waals surface area contributed by atoms with Crippen LogP contribution >= 0.6 is 0 Å². The van der Waals surface area contributed by atoms with Crippen LogP contribution in [0.25, 0.3) is 0 Å². The minimum atomic E-state index is -1.12. The number of hydrogen-bond donors (Lipinski definition) is 4. The first-order chi connectivity index (χ1) is 19.9. The van der Waals surface area contributed by atoms with Crippen molar-refractivity contribution in [2.45, 2.75) is 84.0 Å². The highest BCUT2D eigenvalue weighted by atomic mass is 16.7. The zero-order valence-electron chi connectivity index (χ0n) is 24.4. The van der Waals surface area contributed by atoms with E-state index in [9.17, 15) is 28.8 Å². The number of nitrogens with two attached hydrogens (primary N) is 1. The number of nitrogens with one attached hydrogen (secondary N) is 3. The summed E-state index contributed by atoms with van der Waals surface area (Å²) in [6, 6.07) is 5.28. The van der Waals surface area contributed by atoms with E-state index in [1.807, 2.05) is 18.2 Å². The standard InChI is InChI=1S/C29H41N5O8/c1-29(2,3)24(32-28(40)31-16-22(35)41-17-19-9-5-4-6-10-19)26(38)34-14-8-13-21(34)27(39)42-33-20(23(36)25(30)37)15-18-11-7-12-18/h4-6,9-10,18,20-21,24,33H,7-8,11-17H2,1-3H3,(H2,30,37)(H2,31,32,40)/t20?,21-,24?/m0/s1. The topological polar surface area (TPSA) is 186 Å². The summed E-state index contributed by atoms with van der Waals surface area (Å²) in [5.74, 6) is -3.70. The van der Waals surface area contributed by atoms with Crippen LogP contribution in [0.1, 0.15) is 64.9 Å². The first kappa shape index (κ1) is 32.5. The zero-order chi connectivity index (χ0) is 30.9. The van der Waals surface area contributed by atoms with Gasteiger partial charge in [0.05, 0.1) is 0 Å². The Hall–Kier alpha value is -4.00. The van der Waals surface area contributed by atoms with Crippen molar-refractivity contribution in [1.82, 2.24) is 21.0 Å². The van der Waals surface area contributed by atoms with Crippen LogP contribution in [0.5, 0.6) is 0 Å². The highest BCUT2D eigenvalue weighted by molar-refractivity contribution is 6.37. The van der Waals surface area contributed by atoms with Gasteiger partial charge in [0.25, 0.3) is 5.91 Å². The van der Waals surface area contributed by atoms with Crippen molar-refractivity contribution in [3.8, 4) is 0 Å². The average molecular weight is 588 g/mol. The monoisotopic (exact) mass is 587 g/mol. The number of hydroxylamine groups is 1. The SMILES string of the molecule is CC(C)(C)C(NC(=O)NCC(=O)OCc1ccccc1)C(=O)N1CCC[C@H]1C(=O)ONC(CC1CCC1)C(=O)C(N)=O. The number of Topliss-reactive ketones (excluding diaryl/α,β-unsaturated/α-hetero) is 1. The Kier molecular flexibility index (Phi) is 11.4. The minimum Gasteiger partial charge on any atom is -0.460 e. The van der Waals surface area contributed by atoms with Crippen LogP contribution in [0.3, 0.4) is 0 Å². The maximum absolute atomic E-state index is 13.6. The molecule has 2 aliphatic rings. The molecule has 1 aromatic carbocycles.